The second kappa shape index (κ2) is 3.55. The van der Waals surface area contributed by atoms with Crippen molar-refractivity contribution in [2.75, 3.05) is 10.7 Å². The molecule has 2 N–H and O–H groups in total. The van der Waals surface area contributed by atoms with Gasteiger partial charge in [-0.2, -0.15) is 10.1 Å². The first-order valence-electron chi connectivity index (χ1n) is 5.77. The molecule has 0 aromatic carbocycles. The molecule has 1 amide bonds. The summed E-state index contributed by atoms with van der Waals surface area (Å²) < 4.78 is 0. The smallest absolute Gasteiger partial charge is 0.257 e. The quantitative estimate of drug-likeness (QED) is 0.835. The minimum absolute atomic E-state index is 0.0330. The molecule has 0 spiro atoms. The Morgan fingerprint density at radius 3 is 2.76 bits per heavy atom. The molecule has 5 heteroatoms. The Morgan fingerprint density at radius 2 is 2.18 bits per heavy atom. The Labute approximate surface area is 99.3 Å². The molecule has 3 rings (SSSR count). The fourth-order valence-electron chi connectivity index (χ4n) is 2.24. The maximum Gasteiger partial charge on any atom is 0.257 e. The number of nitrogens with zero attached hydrogens (tertiary/aromatic N) is 3. The Balaban J connectivity index is 1.90. The summed E-state index contributed by atoms with van der Waals surface area (Å²) in [7, 11) is 0. The van der Waals surface area contributed by atoms with Gasteiger partial charge in [0.2, 0.25) is 0 Å². The first-order valence-corrected chi connectivity index (χ1v) is 5.77. The van der Waals surface area contributed by atoms with E-state index >= 15 is 0 Å². The van der Waals surface area contributed by atoms with Gasteiger partial charge in [-0.15, -0.1) is 0 Å². The summed E-state index contributed by atoms with van der Waals surface area (Å²) in [5, 5.41) is 5.71. The second-order valence-electron chi connectivity index (χ2n) is 4.66. The van der Waals surface area contributed by atoms with Crippen molar-refractivity contribution in [3.63, 3.8) is 0 Å². The van der Waals surface area contributed by atoms with E-state index in [0.717, 1.165) is 18.6 Å². The predicted molar refractivity (Wildman–Crippen MR) is 65.5 cm³/mol. The summed E-state index contributed by atoms with van der Waals surface area (Å²) in [6.45, 7) is 1.91. The van der Waals surface area contributed by atoms with Gasteiger partial charge < -0.3 is 5.73 Å². The summed E-state index contributed by atoms with van der Waals surface area (Å²) in [6.07, 6.45) is 3.80. The number of amides is 1. The van der Waals surface area contributed by atoms with E-state index in [2.05, 4.69) is 10.1 Å². The molecular formula is C12H14N4O. The lowest BCUT2D eigenvalue weighted by molar-refractivity contribution is -0.120. The molecule has 5 nitrogen and oxygen atoms in total. The van der Waals surface area contributed by atoms with Crippen LogP contribution in [0.15, 0.2) is 23.4 Å². The molecule has 0 radical (unpaired) electrons. The molecular weight excluding hydrogens is 216 g/mol. The molecule has 0 bridgehead atoms. The van der Waals surface area contributed by atoms with Gasteiger partial charge in [-0.05, 0) is 37.8 Å². The number of hydrogen-bond acceptors (Lipinski definition) is 4. The zero-order chi connectivity index (χ0) is 12.0. The summed E-state index contributed by atoms with van der Waals surface area (Å²) in [6, 6.07) is 3.45. The van der Waals surface area contributed by atoms with Crippen molar-refractivity contribution in [3.05, 3.63) is 18.3 Å². The minimum Gasteiger partial charge on any atom is -0.397 e. The summed E-state index contributed by atoms with van der Waals surface area (Å²) in [4.78, 5) is 16.4. The maximum absolute atomic E-state index is 12.2. The fraction of sp³-hybridized carbons (Fsp3) is 0.417. The van der Waals surface area contributed by atoms with Gasteiger partial charge in [0.1, 0.15) is 0 Å². The summed E-state index contributed by atoms with van der Waals surface area (Å²) >= 11 is 0. The lowest BCUT2D eigenvalue weighted by Crippen LogP contribution is -2.28. The van der Waals surface area contributed by atoms with Gasteiger partial charge in [-0.3, -0.25) is 4.79 Å². The van der Waals surface area contributed by atoms with Crippen LogP contribution in [0, 0.1) is 11.8 Å². The third kappa shape index (κ3) is 1.67. The number of nitrogens with two attached hydrogens (primary N) is 1. The van der Waals surface area contributed by atoms with E-state index in [0.29, 0.717) is 17.4 Å². The highest BCUT2D eigenvalue weighted by Crippen LogP contribution is 2.41. The number of nitrogen functional groups attached to an aromatic ring is 1. The molecule has 2 aliphatic rings. The van der Waals surface area contributed by atoms with Gasteiger partial charge in [0.15, 0.2) is 5.82 Å². The SMILES string of the molecule is CC1=NN(c2ccc(N)cn2)C(=O)C1C1CC1. The molecule has 17 heavy (non-hydrogen) atoms. The highest BCUT2D eigenvalue weighted by molar-refractivity contribution is 6.14. The van der Waals surface area contributed by atoms with Crippen LogP contribution in [0.3, 0.4) is 0 Å². The van der Waals surface area contributed by atoms with Gasteiger partial charge >= 0.3 is 0 Å². The number of aromatic nitrogens is 1. The van der Waals surface area contributed by atoms with Crippen molar-refractivity contribution in [2.45, 2.75) is 19.8 Å². The van der Waals surface area contributed by atoms with E-state index in [1.807, 2.05) is 6.92 Å². The zero-order valence-corrected chi connectivity index (χ0v) is 9.63. The number of carbonyl (C=O) groups excluding carboxylic acids is 1. The monoisotopic (exact) mass is 230 g/mol. The van der Waals surface area contributed by atoms with Gasteiger partial charge in [0, 0.05) is 5.71 Å². The van der Waals surface area contributed by atoms with Crippen molar-refractivity contribution in [1.29, 1.82) is 0 Å². The maximum atomic E-state index is 12.2. The van der Waals surface area contributed by atoms with Crippen LogP contribution in [0.2, 0.25) is 0 Å². The first kappa shape index (κ1) is 10.3. The summed E-state index contributed by atoms with van der Waals surface area (Å²) in [5.74, 6) is 1.05. The number of hydrazone groups is 1. The second-order valence-corrected chi connectivity index (χ2v) is 4.66. The largest absolute Gasteiger partial charge is 0.397 e. The lowest BCUT2D eigenvalue weighted by Gasteiger charge is -2.12. The average molecular weight is 230 g/mol. The van der Waals surface area contributed by atoms with E-state index < -0.39 is 0 Å². The minimum atomic E-state index is -0.0330. The topological polar surface area (TPSA) is 71.6 Å². The van der Waals surface area contributed by atoms with Crippen LogP contribution in [0.1, 0.15) is 19.8 Å². The van der Waals surface area contributed by atoms with Gasteiger partial charge in [-0.25, -0.2) is 4.98 Å². The van der Waals surface area contributed by atoms with Crippen molar-refractivity contribution in [2.24, 2.45) is 16.9 Å². The van der Waals surface area contributed by atoms with Gasteiger partial charge in [-0.1, -0.05) is 0 Å². The fourth-order valence-corrected chi connectivity index (χ4v) is 2.24. The van der Waals surface area contributed by atoms with Crippen molar-refractivity contribution >= 4 is 23.1 Å². The van der Waals surface area contributed by atoms with E-state index in [1.165, 1.54) is 11.2 Å². The zero-order valence-electron chi connectivity index (χ0n) is 9.63. The van der Waals surface area contributed by atoms with E-state index in [-0.39, 0.29) is 11.8 Å². The van der Waals surface area contributed by atoms with Gasteiger partial charge in [0.25, 0.3) is 5.91 Å². The van der Waals surface area contributed by atoms with Gasteiger partial charge in [0.05, 0.1) is 17.8 Å². The van der Waals surface area contributed by atoms with Crippen LogP contribution in [0.25, 0.3) is 0 Å². The van der Waals surface area contributed by atoms with Crippen molar-refractivity contribution < 1.29 is 4.79 Å². The molecule has 88 valence electrons. The van der Waals surface area contributed by atoms with Crippen LogP contribution in [-0.2, 0) is 4.79 Å². The Bertz CT molecular complexity index is 490. The number of rotatable bonds is 2. The lowest BCUT2D eigenvalue weighted by atomic mass is 9.99. The molecule has 1 atom stereocenters. The molecule has 1 aromatic heterocycles. The van der Waals surface area contributed by atoms with Crippen LogP contribution in [0.4, 0.5) is 11.5 Å². The number of anilines is 2. The van der Waals surface area contributed by atoms with Crippen molar-refractivity contribution in [1.82, 2.24) is 4.98 Å². The number of carbonyl (C=O) groups is 1. The van der Waals surface area contributed by atoms with Crippen molar-refractivity contribution in [3.8, 4) is 0 Å². The van der Waals surface area contributed by atoms with E-state index in [1.54, 1.807) is 12.1 Å². The normalized spacial score (nSPS) is 24.1. The number of hydrogen-bond donors (Lipinski definition) is 1. The molecule has 1 aliphatic heterocycles. The molecule has 1 aliphatic carbocycles. The molecule has 0 saturated heterocycles. The average Bonchev–Trinajstić information content (AvgIpc) is 3.08. The molecule has 1 fully saturated rings. The Kier molecular flexibility index (Phi) is 2.14. The third-order valence-corrected chi connectivity index (χ3v) is 3.26. The number of pyridine rings is 1. The third-order valence-electron chi connectivity index (χ3n) is 3.26. The molecule has 1 saturated carbocycles. The molecule has 2 heterocycles. The Morgan fingerprint density at radius 1 is 1.41 bits per heavy atom. The van der Waals surface area contributed by atoms with Crippen LogP contribution in [-0.4, -0.2) is 16.6 Å². The van der Waals surface area contributed by atoms with Crippen LogP contribution in [0.5, 0.6) is 0 Å². The predicted octanol–water partition coefficient (Wildman–Crippen LogP) is 1.41. The Hall–Kier alpha value is -1.91. The highest BCUT2D eigenvalue weighted by atomic mass is 16.2. The first-order chi connectivity index (χ1) is 8.16. The molecule has 1 unspecified atom stereocenters. The summed E-state index contributed by atoms with van der Waals surface area (Å²) in [5.41, 5.74) is 7.05. The molecule has 1 aromatic rings. The highest BCUT2D eigenvalue weighted by Gasteiger charge is 2.44. The van der Waals surface area contributed by atoms with E-state index in [4.69, 9.17) is 5.73 Å². The van der Waals surface area contributed by atoms with Crippen LogP contribution >= 0.6 is 0 Å². The van der Waals surface area contributed by atoms with Crippen LogP contribution < -0.4 is 10.7 Å². The standard InChI is InChI=1S/C12H14N4O/c1-7-11(8-2-3-8)12(17)16(15-7)10-5-4-9(13)6-14-10/h4-6,8,11H,2-3,13H2,1H3. The van der Waals surface area contributed by atoms with E-state index in [9.17, 15) is 4.79 Å².